The van der Waals surface area contributed by atoms with Crippen LogP contribution in [0.25, 0.3) is 0 Å². The number of aliphatic hydroxyl groups excluding tert-OH is 1. The fourth-order valence-corrected chi connectivity index (χ4v) is 2.35. The molecule has 0 bridgehead atoms. The van der Waals surface area contributed by atoms with Gasteiger partial charge >= 0.3 is 0 Å². The Morgan fingerprint density at radius 2 is 1.80 bits per heavy atom. The molecule has 1 fully saturated rings. The van der Waals surface area contributed by atoms with Gasteiger partial charge in [0.2, 0.25) is 0 Å². The zero-order valence-corrected chi connectivity index (χ0v) is 9.15. The van der Waals surface area contributed by atoms with E-state index >= 15 is 0 Å². The maximum absolute atomic E-state index is 9.92. The van der Waals surface area contributed by atoms with Crippen molar-refractivity contribution in [2.75, 3.05) is 7.11 Å². The first-order chi connectivity index (χ1) is 7.31. The fraction of sp³-hybridized carbons (Fsp3) is 0.538. The highest BCUT2D eigenvalue weighted by Gasteiger charge is 2.24. The van der Waals surface area contributed by atoms with Crippen LogP contribution in [0.1, 0.15) is 37.2 Å². The second-order valence-corrected chi connectivity index (χ2v) is 4.23. The molecule has 0 aromatic heterocycles. The van der Waals surface area contributed by atoms with Crippen LogP contribution < -0.4 is 4.74 Å². The molecule has 1 aromatic carbocycles. The molecule has 15 heavy (non-hydrogen) atoms. The molecule has 1 aromatic rings. The molecule has 0 radical (unpaired) electrons. The molecule has 2 rings (SSSR count). The molecule has 0 spiro atoms. The maximum atomic E-state index is 9.92. The molecule has 2 nitrogen and oxygen atoms in total. The van der Waals surface area contributed by atoms with Crippen molar-refractivity contribution in [3.8, 4) is 5.75 Å². The molecule has 0 aliphatic heterocycles. The number of methoxy groups -OCH3 is 1. The van der Waals surface area contributed by atoms with Crippen LogP contribution in [0.3, 0.4) is 0 Å². The van der Waals surface area contributed by atoms with E-state index in [9.17, 15) is 5.11 Å². The van der Waals surface area contributed by atoms with Crippen molar-refractivity contribution >= 4 is 0 Å². The van der Waals surface area contributed by atoms with E-state index in [0.717, 1.165) is 25.0 Å². The lowest BCUT2D eigenvalue weighted by Crippen LogP contribution is -2.22. The van der Waals surface area contributed by atoms with E-state index in [1.54, 1.807) is 7.11 Å². The topological polar surface area (TPSA) is 29.5 Å². The van der Waals surface area contributed by atoms with Gasteiger partial charge in [0.25, 0.3) is 0 Å². The Morgan fingerprint density at radius 1 is 1.13 bits per heavy atom. The van der Waals surface area contributed by atoms with Gasteiger partial charge in [-0.2, -0.15) is 0 Å². The molecule has 1 aliphatic carbocycles. The first-order valence-corrected chi connectivity index (χ1v) is 5.63. The van der Waals surface area contributed by atoms with Gasteiger partial charge in [0.1, 0.15) is 5.75 Å². The van der Waals surface area contributed by atoms with Gasteiger partial charge in [0.05, 0.1) is 13.2 Å². The molecular formula is C13H18O2. The average molecular weight is 206 g/mol. The Morgan fingerprint density at radius 3 is 2.40 bits per heavy atom. The van der Waals surface area contributed by atoms with Crippen molar-refractivity contribution in [1.29, 1.82) is 0 Å². The van der Waals surface area contributed by atoms with Gasteiger partial charge in [-0.05, 0) is 30.5 Å². The molecule has 0 unspecified atom stereocenters. The van der Waals surface area contributed by atoms with Crippen molar-refractivity contribution < 1.29 is 9.84 Å². The average Bonchev–Trinajstić information content (AvgIpc) is 2.30. The van der Waals surface area contributed by atoms with Gasteiger partial charge < -0.3 is 9.84 Å². The Bertz CT molecular complexity index is 305. The van der Waals surface area contributed by atoms with Gasteiger partial charge in [-0.1, -0.05) is 25.0 Å². The Hall–Kier alpha value is -1.02. The third-order valence-electron chi connectivity index (χ3n) is 3.27. The van der Waals surface area contributed by atoms with E-state index in [4.69, 9.17) is 4.74 Å². The second kappa shape index (κ2) is 4.67. The first kappa shape index (κ1) is 10.5. The summed E-state index contributed by atoms with van der Waals surface area (Å²) in [5, 5.41) is 9.92. The van der Waals surface area contributed by atoms with Gasteiger partial charge in [0.15, 0.2) is 0 Å². The quantitative estimate of drug-likeness (QED) is 0.806. The second-order valence-electron chi connectivity index (χ2n) is 4.23. The van der Waals surface area contributed by atoms with Crippen LogP contribution in [-0.4, -0.2) is 18.3 Å². The number of aliphatic hydroxyl groups is 1. The SMILES string of the molecule is COc1ccc([C@H]2CCCC[C@H]2O)cc1. The number of hydrogen-bond acceptors (Lipinski definition) is 2. The zero-order chi connectivity index (χ0) is 10.7. The molecule has 1 saturated carbocycles. The monoisotopic (exact) mass is 206 g/mol. The highest BCUT2D eigenvalue weighted by atomic mass is 16.5. The fourth-order valence-electron chi connectivity index (χ4n) is 2.35. The van der Waals surface area contributed by atoms with Gasteiger partial charge in [-0.3, -0.25) is 0 Å². The van der Waals surface area contributed by atoms with Crippen molar-refractivity contribution in [2.24, 2.45) is 0 Å². The summed E-state index contributed by atoms with van der Waals surface area (Å²) in [6.07, 6.45) is 4.28. The van der Waals surface area contributed by atoms with Gasteiger partial charge in [-0.15, -0.1) is 0 Å². The van der Waals surface area contributed by atoms with E-state index in [-0.39, 0.29) is 6.10 Å². The molecule has 2 heteroatoms. The van der Waals surface area contributed by atoms with E-state index < -0.39 is 0 Å². The van der Waals surface area contributed by atoms with Crippen molar-refractivity contribution in [3.05, 3.63) is 29.8 Å². The van der Waals surface area contributed by atoms with E-state index in [1.165, 1.54) is 12.0 Å². The van der Waals surface area contributed by atoms with Crippen LogP contribution in [0.5, 0.6) is 5.75 Å². The predicted octanol–water partition coefficient (Wildman–Crippen LogP) is 2.71. The van der Waals surface area contributed by atoms with Gasteiger partial charge in [0, 0.05) is 5.92 Å². The highest BCUT2D eigenvalue weighted by molar-refractivity contribution is 5.30. The van der Waals surface area contributed by atoms with Crippen LogP contribution in [0, 0.1) is 0 Å². The van der Waals surface area contributed by atoms with Crippen molar-refractivity contribution in [1.82, 2.24) is 0 Å². The van der Waals surface area contributed by atoms with E-state index in [0.29, 0.717) is 5.92 Å². The number of benzene rings is 1. The summed E-state index contributed by atoms with van der Waals surface area (Å²) < 4.78 is 5.12. The predicted molar refractivity (Wildman–Crippen MR) is 60.2 cm³/mol. The smallest absolute Gasteiger partial charge is 0.118 e. The molecule has 0 amide bonds. The summed E-state index contributed by atoms with van der Waals surface area (Å²) in [5.41, 5.74) is 1.24. The third-order valence-corrected chi connectivity index (χ3v) is 3.27. The minimum absolute atomic E-state index is 0.160. The van der Waals surface area contributed by atoms with Crippen LogP contribution in [0.2, 0.25) is 0 Å². The standard InChI is InChI=1S/C13H18O2/c1-15-11-8-6-10(7-9-11)12-4-2-3-5-13(12)14/h6-9,12-14H,2-5H2,1H3/t12-,13-/m1/s1. The Labute approximate surface area is 90.9 Å². The molecule has 1 aliphatic rings. The molecule has 82 valence electrons. The number of rotatable bonds is 2. The molecule has 2 atom stereocenters. The van der Waals surface area contributed by atoms with Crippen LogP contribution in [-0.2, 0) is 0 Å². The molecule has 1 N–H and O–H groups in total. The summed E-state index contributed by atoms with van der Waals surface area (Å²) >= 11 is 0. The van der Waals surface area contributed by atoms with Crippen molar-refractivity contribution in [2.45, 2.75) is 37.7 Å². The van der Waals surface area contributed by atoms with Crippen LogP contribution >= 0.6 is 0 Å². The van der Waals surface area contributed by atoms with Crippen LogP contribution in [0.15, 0.2) is 24.3 Å². The normalized spacial score (nSPS) is 26.3. The Kier molecular flexibility index (Phi) is 3.27. The molecular weight excluding hydrogens is 188 g/mol. The zero-order valence-electron chi connectivity index (χ0n) is 9.15. The molecule has 0 heterocycles. The van der Waals surface area contributed by atoms with Crippen LogP contribution in [0.4, 0.5) is 0 Å². The summed E-state index contributed by atoms with van der Waals surface area (Å²) in [4.78, 5) is 0. The summed E-state index contributed by atoms with van der Waals surface area (Å²) in [7, 11) is 1.67. The Balaban J connectivity index is 2.13. The van der Waals surface area contributed by atoms with Gasteiger partial charge in [-0.25, -0.2) is 0 Å². The number of ether oxygens (including phenoxy) is 1. The lowest BCUT2D eigenvalue weighted by Gasteiger charge is -2.27. The summed E-state index contributed by atoms with van der Waals surface area (Å²) in [6, 6.07) is 8.07. The lowest BCUT2D eigenvalue weighted by molar-refractivity contribution is 0.106. The largest absolute Gasteiger partial charge is 0.497 e. The highest BCUT2D eigenvalue weighted by Crippen LogP contribution is 2.33. The lowest BCUT2D eigenvalue weighted by atomic mass is 9.82. The summed E-state index contributed by atoms with van der Waals surface area (Å²) in [6.45, 7) is 0. The third kappa shape index (κ3) is 2.32. The van der Waals surface area contributed by atoms with Crippen molar-refractivity contribution in [3.63, 3.8) is 0 Å². The van der Waals surface area contributed by atoms with E-state index in [2.05, 4.69) is 12.1 Å². The van der Waals surface area contributed by atoms with E-state index in [1.807, 2.05) is 12.1 Å². The molecule has 0 saturated heterocycles. The minimum Gasteiger partial charge on any atom is -0.497 e. The first-order valence-electron chi connectivity index (χ1n) is 5.63. The maximum Gasteiger partial charge on any atom is 0.118 e. The number of hydrogen-bond donors (Lipinski definition) is 1. The minimum atomic E-state index is -0.160. The summed E-state index contributed by atoms with van der Waals surface area (Å²) in [5.74, 6) is 1.20.